The van der Waals surface area contributed by atoms with Crippen molar-refractivity contribution in [2.75, 3.05) is 13.7 Å². The Morgan fingerprint density at radius 2 is 1.88 bits per heavy atom. The molecule has 25 heavy (non-hydrogen) atoms. The Hall–Kier alpha value is -2.18. The fraction of sp³-hybridized carbons (Fsp3) is 0.316. The third kappa shape index (κ3) is 3.45. The maximum absolute atomic E-state index is 13.1. The molecule has 1 aliphatic heterocycles. The molecule has 2 aromatic rings. The molecule has 0 N–H and O–H groups in total. The zero-order valence-electron chi connectivity index (χ0n) is 14.3. The number of carbonyl (C=O) groups is 1. The molecule has 132 valence electrons. The normalized spacial score (nSPS) is 18.2. The van der Waals surface area contributed by atoms with Crippen molar-refractivity contribution in [1.82, 2.24) is 4.31 Å². The van der Waals surface area contributed by atoms with Crippen LogP contribution in [0, 0.1) is 6.92 Å². The van der Waals surface area contributed by atoms with E-state index in [0.29, 0.717) is 6.54 Å². The summed E-state index contributed by atoms with van der Waals surface area (Å²) in [5.74, 6) is -0.548. The van der Waals surface area contributed by atoms with Crippen LogP contribution in [0.4, 0.5) is 0 Å². The molecule has 0 radical (unpaired) electrons. The predicted octanol–water partition coefficient (Wildman–Crippen LogP) is 3.31. The first-order valence-electron chi connectivity index (χ1n) is 8.20. The fourth-order valence-electron chi connectivity index (χ4n) is 3.19. The van der Waals surface area contributed by atoms with Crippen LogP contribution in [0.2, 0.25) is 0 Å². The molecule has 0 saturated carbocycles. The van der Waals surface area contributed by atoms with Crippen LogP contribution in [0.5, 0.6) is 0 Å². The van der Waals surface area contributed by atoms with Crippen LogP contribution in [0.15, 0.2) is 53.4 Å². The van der Waals surface area contributed by atoms with Crippen molar-refractivity contribution < 1.29 is 17.9 Å². The lowest BCUT2D eigenvalue weighted by Crippen LogP contribution is -2.30. The first-order chi connectivity index (χ1) is 11.9. The molecule has 1 heterocycles. The number of ether oxygens (including phenoxy) is 1. The van der Waals surface area contributed by atoms with Crippen molar-refractivity contribution in [3.05, 3.63) is 65.2 Å². The zero-order valence-corrected chi connectivity index (χ0v) is 15.1. The van der Waals surface area contributed by atoms with Crippen LogP contribution in [-0.2, 0) is 14.8 Å². The maximum Gasteiger partial charge on any atom is 0.337 e. The Bertz CT molecular complexity index is 875. The monoisotopic (exact) mass is 359 g/mol. The number of esters is 1. The van der Waals surface area contributed by atoms with E-state index >= 15 is 0 Å². The minimum Gasteiger partial charge on any atom is -0.465 e. The number of carbonyl (C=O) groups excluding carboxylic acids is 1. The number of rotatable bonds is 4. The van der Waals surface area contributed by atoms with Crippen molar-refractivity contribution >= 4 is 16.0 Å². The van der Waals surface area contributed by atoms with E-state index in [1.165, 1.54) is 23.5 Å². The minimum atomic E-state index is -3.68. The average Bonchev–Trinajstić information content (AvgIpc) is 3.12. The molecule has 2 aromatic carbocycles. The number of aryl methyl sites for hydroxylation is 1. The molecule has 1 saturated heterocycles. The number of benzene rings is 2. The maximum atomic E-state index is 13.1. The molecule has 0 aromatic heterocycles. The van der Waals surface area contributed by atoms with Gasteiger partial charge in [0.1, 0.15) is 0 Å². The predicted molar refractivity (Wildman–Crippen MR) is 94.8 cm³/mol. The van der Waals surface area contributed by atoms with Gasteiger partial charge < -0.3 is 4.74 Å². The van der Waals surface area contributed by atoms with E-state index < -0.39 is 16.0 Å². The summed E-state index contributed by atoms with van der Waals surface area (Å²) in [5, 5.41) is 0. The van der Waals surface area contributed by atoms with Crippen molar-refractivity contribution in [3.63, 3.8) is 0 Å². The highest BCUT2D eigenvalue weighted by atomic mass is 32.2. The molecule has 0 unspecified atom stereocenters. The second-order valence-corrected chi connectivity index (χ2v) is 8.09. The SMILES string of the molecule is COC(=O)c1cccc(S(=O)(=O)N2CCC[C@@H]2c2ccc(C)cc2)c1. The van der Waals surface area contributed by atoms with Gasteiger partial charge in [-0.05, 0) is 43.5 Å². The molecule has 1 atom stereocenters. The van der Waals surface area contributed by atoms with Gasteiger partial charge in [0.15, 0.2) is 0 Å². The minimum absolute atomic E-state index is 0.120. The molecular weight excluding hydrogens is 338 g/mol. The van der Waals surface area contributed by atoms with E-state index in [0.717, 1.165) is 24.0 Å². The zero-order chi connectivity index (χ0) is 18.0. The van der Waals surface area contributed by atoms with Gasteiger partial charge in [0, 0.05) is 6.54 Å². The van der Waals surface area contributed by atoms with Crippen LogP contribution in [0.25, 0.3) is 0 Å². The lowest BCUT2D eigenvalue weighted by Gasteiger charge is -2.24. The van der Waals surface area contributed by atoms with E-state index in [9.17, 15) is 13.2 Å². The highest BCUT2D eigenvalue weighted by Gasteiger charge is 2.36. The van der Waals surface area contributed by atoms with Gasteiger partial charge in [0.2, 0.25) is 10.0 Å². The molecule has 0 aliphatic carbocycles. The Kier molecular flexibility index (Phi) is 4.92. The molecule has 5 nitrogen and oxygen atoms in total. The van der Waals surface area contributed by atoms with E-state index in [1.807, 2.05) is 31.2 Å². The molecular formula is C19H21NO4S. The van der Waals surface area contributed by atoms with Crippen molar-refractivity contribution in [1.29, 1.82) is 0 Å². The van der Waals surface area contributed by atoms with Crippen molar-refractivity contribution in [3.8, 4) is 0 Å². The second-order valence-electron chi connectivity index (χ2n) is 6.20. The van der Waals surface area contributed by atoms with Crippen LogP contribution >= 0.6 is 0 Å². The summed E-state index contributed by atoms with van der Waals surface area (Å²) < 4.78 is 32.5. The number of hydrogen-bond donors (Lipinski definition) is 0. The lowest BCUT2D eigenvalue weighted by molar-refractivity contribution is 0.0600. The first-order valence-corrected chi connectivity index (χ1v) is 9.64. The summed E-state index contributed by atoms with van der Waals surface area (Å²) in [6.07, 6.45) is 1.60. The van der Waals surface area contributed by atoms with E-state index in [2.05, 4.69) is 4.74 Å². The molecule has 0 amide bonds. The molecule has 0 bridgehead atoms. The molecule has 3 rings (SSSR count). The number of methoxy groups -OCH3 is 1. The van der Waals surface area contributed by atoms with Crippen LogP contribution in [0.1, 0.15) is 40.4 Å². The average molecular weight is 359 g/mol. The van der Waals surface area contributed by atoms with Gasteiger partial charge in [0.05, 0.1) is 23.6 Å². The first kappa shape index (κ1) is 17.6. The number of nitrogens with zero attached hydrogens (tertiary/aromatic N) is 1. The Morgan fingerprint density at radius 3 is 2.56 bits per heavy atom. The lowest BCUT2D eigenvalue weighted by atomic mass is 10.0. The van der Waals surface area contributed by atoms with Gasteiger partial charge in [-0.25, -0.2) is 13.2 Å². The van der Waals surface area contributed by atoms with Gasteiger partial charge in [-0.2, -0.15) is 4.31 Å². The van der Waals surface area contributed by atoms with Gasteiger partial charge in [-0.3, -0.25) is 0 Å². The van der Waals surface area contributed by atoms with Gasteiger partial charge in [-0.15, -0.1) is 0 Å². The Labute approximate surface area is 148 Å². The van der Waals surface area contributed by atoms with Gasteiger partial charge >= 0.3 is 5.97 Å². The smallest absolute Gasteiger partial charge is 0.337 e. The topological polar surface area (TPSA) is 63.7 Å². The van der Waals surface area contributed by atoms with Crippen molar-refractivity contribution in [2.24, 2.45) is 0 Å². The third-order valence-electron chi connectivity index (χ3n) is 4.53. The fourth-order valence-corrected chi connectivity index (χ4v) is 4.92. The second kappa shape index (κ2) is 6.98. The summed E-state index contributed by atoms with van der Waals surface area (Å²) >= 11 is 0. The largest absolute Gasteiger partial charge is 0.465 e. The standard InChI is InChI=1S/C19H21NO4S/c1-14-8-10-15(11-9-14)18-7-4-12-20(18)25(22,23)17-6-3-5-16(13-17)19(21)24-2/h3,5-6,8-11,13,18H,4,7,12H2,1-2H3/t18-/m1/s1. The Morgan fingerprint density at radius 1 is 1.16 bits per heavy atom. The van der Waals surface area contributed by atoms with Crippen LogP contribution < -0.4 is 0 Å². The molecule has 1 aliphatic rings. The highest BCUT2D eigenvalue weighted by molar-refractivity contribution is 7.89. The third-order valence-corrected chi connectivity index (χ3v) is 6.43. The van der Waals surface area contributed by atoms with E-state index in [1.54, 1.807) is 12.1 Å². The number of hydrogen-bond acceptors (Lipinski definition) is 4. The van der Waals surface area contributed by atoms with Crippen LogP contribution in [0.3, 0.4) is 0 Å². The van der Waals surface area contributed by atoms with Gasteiger partial charge in [-0.1, -0.05) is 35.9 Å². The summed E-state index contributed by atoms with van der Waals surface area (Å²) in [7, 11) is -2.41. The highest BCUT2D eigenvalue weighted by Crippen LogP contribution is 2.36. The summed E-state index contributed by atoms with van der Waals surface area (Å²) in [6, 6.07) is 13.8. The molecule has 1 fully saturated rings. The molecule has 6 heteroatoms. The summed E-state index contributed by atoms with van der Waals surface area (Å²) in [5.41, 5.74) is 2.37. The summed E-state index contributed by atoms with van der Waals surface area (Å²) in [4.78, 5) is 11.8. The summed E-state index contributed by atoms with van der Waals surface area (Å²) in [6.45, 7) is 2.48. The van der Waals surface area contributed by atoms with E-state index in [4.69, 9.17) is 0 Å². The van der Waals surface area contributed by atoms with Gasteiger partial charge in [0.25, 0.3) is 0 Å². The Balaban J connectivity index is 1.96. The van der Waals surface area contributed by atoms with Crippen molar-refractivity contribution in [2.45, 2.75) is 30.7 Å². The quantitative estimate of drug-likeness (QED) is 0.786. The van der Waals surface area contributed by atoms with Crippen LogP contribution in [-0.4, -0.2) is 32.3 Å². The van der Waals surface area contributed by atoms with E-state index in [-0.39, 0.29) is 16.5 Å². The molecule has 0 spiro atoms. The number of sulfonamides is 1.